The molecule has 1 saturated carbocycles. The molecule has 5 heteroatoms. The van der Waals surface area contributed by atoms with Gasteiger partial charge in [0.05, 0.1) is 0 Å². The maximum Gasteiger partial charge on any atom is 0.0377 e. The molecule has 3 rings (SSSR count). The number of halogens is 2. The van der Waals surface area contributed by atoms with Crippen molar-refractivity contribution >= 4 is 36.6 Å². The largest absolute Gasteiger partial charge is 0.314 e. The van der Waals surface area contributed by atoms with Crippen LogP contribution in [0.3, 0.4) is 0 Å². The van der Waals surface area contributed by atoms with E-state index in [-0.39, 0.29) is 24.8 Å². The summed E-state index contributed by atoms with van der Waals surface area (Å²) in [5.41, 5.74) is 1.53. The highest BCUT2D eigenvalue weighted by Crippen LogP contribution is 2.41. The van der Waals surface area contributed by atoms with Gasteiger partial charge in [0.1, 0.15) is 0 Å². The third-order valence-corrected chi connectivity index (χ3v) is 5.34. The smallest absolute Gasteiger partial charge is 0.0377 e. The van der Waals surface area contributed by atoms with Crippen LogP contribution in [0.2, 0.25) is 0 Å². The van der Waals surface area contributed by atoms with Crippen LogP contribution >= 0.6 is 36.6 Å². The van der Waals surface area contributed by atoms with Crippen molar-refractivity contribution in [2.75, 3.05) is 32.4 Å². The fourth-order valence-electron chi connectivity index (χ4n) is 3.30. The standard InChI is InChI=1S/C16H24N2S.2ClH/c1-19-15-7-5-14(6-8-15)16(13-3-2-4-13)18-11-9-17-10-12-18;;/h5-8,13,16-17H,2-4,9-12H2,1H3;2*1H/t16-;;/m1../s1. The molecule has 0 spiro atoms. The highest BCUT2D eigenvalue weighted by atomic mass is 35.5. The molecule has 1 aromatic carbocycles. The number of hydrogen-bond donors (Lipinski definition) is 1. The van der Waals surface area contributed by atoms with Gasteiger partial charge in [-0.1, -0.05) is 18.6 Å². The molecule has 2 nitrogen and oxygen atoms in total. The summed E-state index contributed by atoms with van der Waals surface area (Å²) in [5.74, 6) is 0.887. The zero-order valence-electron chi connectivity index (χ0n) is 12.6. The number of hydrogen-bond acceptors (Lipinski definition) is 3. The van der Waals surface area contributed by atoms with Crippen LogP contribution in [0.4, 0.5) is 0 Å². The summed E-state index contributed by atoms with van der Waals surface area (Å²) in [5, 5.41) is 3.47. The first kappa shape index (κ1) is 19.1. The van der Waals surface area contributed by atoms with Gasteiger partial charge in [-0.2, -0.15) is 0 Å². The summed E-state index contributed by atoms with van der Waals surface area (Å²) in [6.45, 7) is 4.69. The van der Waals surface area contributed by atoms with Gasteiger partial charge >= 0.3 is 0 Å². The van der Waals surface area contributed by atoms with Crippen LogP contribution in [0.5, 0.6) is 0 Å². The summed E-state index contributed by atoms with van der Waals surface area (Å²) in [4.78, 5) is 4.07. The van der Waals surface area contributed by atoms with Crippen molar-refractivity contribution in [3.63, 3.8) is 0 Å². The minimum Gasteiger partial charge on any atom is -0.314 e. The zero-order valence-corrected chi connectivity index (χ0v) is 15.0. The van der Waals surface area contributed by atoms with Crippen molar-refractivity contribution in [2.24, 2.45) is 5.92 Å². The van der Waals surface area contributed by atoms with Crippen LogP contribution in [-0.4, -0.2) is 37.3 Å². The predicted octanol–water partition coefficient (Wildman–Crippen LogP) is 4.00. The Morgan fingerprint density at radius 1 is 1.10 bits per heavy atom. The molecule has 1 aromatic rings. The lowest BCUT2D eigenvalue weighted by molar-refractivity contribution is 0.0837. The van der Waals surface area contributed by atoms with Crippen molar-refractivity contribution in [2.45, 2.75) is 30.2 Å². The van der Waals surface area contributed by atoms with E-state index in [9.17, 15) is 0 Å². The van der Waals surface area contributed by atoms with Crippen molar-refractivity contribution in [1.82, 2.24) is 10.2 Å². The van der Waals surface area contributed by atoms with Crippen molar-refractivity contribution in [3.8, 4) is 0 Å². The molecule has 0 aromatic heterocycles. The Balaban J connectivity index is 0.00000110. The van der Waals surface area contributed by atoms with Gasteiger partial charge in [0.2, 0.25) is 0 Å². The average Bonchev–Trinajstić information content (AvgIpc) is 2.44. The van der Waals surface area contributed by atoms with E-state index in [1.54, 1.807) is 0 Å². The summed E-state index contributed by atoms with van der Waals surface area (Å²) >= 11 is 1.83. The van der Waals surface area contributed by atoms with Gasteiger partial charge in [0.15, 0.2) is 0 Å². The van der Waals surface area contributed by atoms with Gasteiger partial charge in [-0.15, -0.1) is 36.6 Å². The molecule has 0 radical (unpaired) electrons. The maximum absolute atomic E-state index is 3.47. The molecule has 1 aliphatic carbocycles. The maximum atomic E-state index is 3.47. The molecule has 0 unspecified atom stereocenters. The molecule has 0 bridgehead atoms. The van der Waals surface area contributed by atoms with Gasteiger partial charge in [-0.25, -0.2) is 0 Å². The number of nitrogens with zero attached hydrogens (tertiary/aromatic N) is 1. The third-order valence-electron chi connectivity index (χ3n) is 4.60. The third kappa shape index (κ3) is 4.52. The first-order valence-electron chi connectivity index (χ1n) is 7.47. The van der Waals surface area contributed by atoms with Gasteiger partial charge in [0.25, 0.3) is 0 Å². The van der Waals surface area contributed by atoms with Crippen molar-refractivity contribution < 1.29 is 0 Å². The quantitative estimate of drug-likeness (QED) is 0.828. The second-order valence-corrected chi connectivity index (χ2v) is 6.57. The van der Waals surface area contributed by atoms with Crippen LogP contribution in [-0.2, 0) is 0 Å². The molecule has 1 heterocycles. The predicted molar refractivity (Wildman–Crippen MR) is 97.2 cm³/mol. The molecule has 1 atom stereocenters. The van der Waals surface area contributed by atoms with Gasteiger partial charge < -0.3 is 5.32 Å². The van der Waals surface area contributed by atoms with Crippen molar-refractivity contribution in [1.29, 1.82) is 0 Å². The molecular weight excluding hydrogens is 323 g/mol. The molecule has 2 fully saturated rings. The number of piperazine rings is 1. The first-order chi connectivity index (χ1) is 9.38. The Hall–Kier alpha value is 0.0700. The van der Waals surface area contributed by atoms with E-state index in [1.165, 1.54) is 42.8 Å². The lowest BCUT2D eigenvalue weighted by Crippen LogP contribution is -2.47. The van der Waals surface area contributed by atoms with Crippen LogP contribution in [0, 0.1) is 5.92 Å². The Morgan fingerprint density at radius 2 is 1.71 bits per heavy atom. The van der Waals surface area contributed by atoms with Crippen LogP contribution in [0.1, 0.15) is 30.9 Å². The van der Waals surface area contributed by atoms with E-state index >= 15 is 0 Å². The lowest BCUT2D eigenvalue weighted by Gasteiger charge is -2.43. The van der Waals surface area contributed by atoms with Gasteiger partial charge in [-0.3, -0.25) is 4.90 Å². The molecule has 21 heavy (non-hydrogen) atoms. The molecule has 1 saturated heterocycles. The minimum absolute atomic E-state index is 0. The second-order valence-electron chi connectivity index (χ2n) is 5.69. The molecule has 1 aliphatic heterocycles. The monoisotopic (exact) mass is 348 g/mol. The summed E-state index contributed by atoms with van der Waals surface area (Å²) < 4.78 is 0. The van der Waals surface area contributed by atoms with E-state index in [2.05, 4.69) is 40.7 Å². The SMILES string of the molecule is CSc1ccc([C@@H](C2CCC2)N2CCNCC2)cc1.Cl.Cl. The molecule has 1 N–H and O–H groups in total. The van der Waals surface area contributed by atoms with E-state index in [0.717, 1.165) is 19.0 Å². The molecular formula is C16H26Cl2N2S. The lowest BCUT2D eigenvalue weighted by atomic mass is 9.76. The van der Waals surface area contributed by atoms with Crippen molar-refractivity contribution in [3.05, 3.63) is 29.8 Å². The summed E-state index contributed by atoms with van der Waals surface area (Å²) in [7, 11) is 0. The van der Waals surface area contributed by atoms with Crippen LogP contribution < -0.4 is 5.32 Å². The van der Waals surface area contributed by atoms with Crippen LogP contribution in [0.25, 0.3) is 0 Å². The fraction of sp³-hybridized carbons (Fsp3) is 0.625. The Kier molecular flexibility index (Phi) is 8.43. The summed E-state index contributed by atoms with van der Waals surface area (Å²) in [6.07, 6.45) is 6.41. The van der Waals surface area contributed by atoms with E-state index in [1.807, 2.05) is 11.8 Å². The first-order valence-corrected chi connectivity index (χ1v) is 8.69. The Bertz CT molecular complexity index is 403. The van der Waals surface area contributed by atoms with Gasteiger partial charge in [-0.05, 0) is 42.7 Å². The van der Waals surface area contributed by atoms with E-state index in [0.29, 0.717) is 6.04 Å². The minimum atomic E-state index is 0. The number of benzene rings is 1. The molecule has 120 valence electrons. The second kappa shape index (κ2) is 9.26. The topological polar surface area (TPSA) is 15.3 Å². The molecule has 0 amide bonds. The highest BCUT2D eigenvalue weighted by Gasteiger charge is 2.33. The van der Waals surface area contributed by atoms with Crippen LogP contribution in [0.15, 0.2) is 29.2 Å². The fourth-order valence-corrected chi connectivity index (χ4v) is 3.71. The number of rotatable bonds is 4. The number of nitrogens with one attached hydrogen (secondary N) is 1. The van der Waals surface area contributed by atoms with Gasteiger partial charge in [0, 0.05) is 37.1 Å². The Morgan fingerprint density at radius 3 is 2.19 bits per heavy atom. The van der Waals surface area contributed by atoms with E-state index < -0.39 is 0 Å². The average molecular weight is 349 g/mol. The summed E-state index contributed by atoms with van der Waals surface area (Å²) in [6, 6.07) is 9.95. The highest BCUT2D eigenvalue weighted by molar-refractivity contribution is 7.98. The number of thioether (sulfide) groups is 1. The van der Waals surface area contributed by atoms with E-state index in [4.69, 9.17) is 0 Å². The zero-order chi connectivity index (χ0) is 13.1. The Labute approximate surface area is 145 Å². The normalized spacial score (nSPS) is 20.8. The molecule has 2 aliphatic rings.